The normalized spacial score (nSPS) is 14.5. The van der Waals surface area contributed by atoms with E-state index in [9.17, 15) is 4.79 Å². The minimum Gasteiger partial charge on any atom is -0.354 e. The van der Waals surface area contributed by atoms with Gasteiger partial charge in [-0.25, -0.2) is 0 Å². The number of carbonyl (C=O) groups is 1. The number of rotatable bonds is 7. The molecule has 0 fully saturated rings. The number of nitrogens with two attached hydrogens (primary N) is 1. The Balaban J connectivity index is 2.25. The van der Waals surface area contributed by atoms with Crippen LogP contribution >= 0.6 is 11.3 Å². The molecule has 1 aromatic heterocycles. The van der Waals surface area contributed by atoms with Gasteiger partial charge in [0, 0.05) is 11.4 Å². The van der Waals surface area contributed by atoms with Crippen LogP contribution in [0.4, 0.5) is 0 Å². The first-order valence-corrected chi connectivity index (χ1v) is 7.42. The quantitative estimate of drug-likeness (QED) is 0.798. The van der Waals surface area contributed by atoms with E-state index in [4.69, 9.17) is 5.73 Å². The van der Waals surface area contributed by atoms with Gasteiger partial charge >= 0.3 is 0 Å². The molecular formula is C14H24N2OS. The highest BCUT2D eigenvalue weighted by Crippen LogP contribution is 2.13. The van der Waals surface area contributed by atoms with E-state index in [0.717, 1.165) is 12.8 Å². The third-order valence-electron chi connectivity index (χ3n) is 2.82. The lowest BCUT2D eigenvalue weighted by molar-refractivity contribution is -0.122. The highest BCUT2D eigenvalue weighted by atomic mass is 32.1. The summed E-state index contributed by atoms with van der Waals surface area (Å²) in [7, 11) is 0. The van der Waals surface area contributed by atoms with Gasteiger partial charge in [0.1, 0.15) is 0 Å². The monoisotopic (exact) mass is 268 g/mol. The Hall–Kier alpha value is -0.870. The van der Waals surface area contributed by atoms with E-state index in [1.54, 1.807) is 11.3 Å². The maximum atomic E-state index is 11.8. The van der Waals surface area contributed by atoms with Crippen molar-refractivity contribution in [1.29, 1.82) is 0 Å². The number of hydrogen-bond acceptors (Lipinski definition) is 3. The van der Waals surface area contributed by atoms with E-state index in [0.29, 0.717) is 18.4 Å². The first kappa shape index (κ1) is 15.2. The fourth-order valence-corrected chi connectivity index (χ4v) is 2.73. The summed E-state index contributed by atoms with van der Waals surface area (Å²) in [5.74, 6) is 0.870. The van der Waals surface area contributed by atoms with Gasteiger partial charge in [-0.1, -0.05) is 26.8 Å². The van der Waals surface area contributed by atoms with Gasteiger partial charge in [-0.2, -0.15) is 0 Å². The SMILES string of the molecule is CC(C)C[C@H](N)C(=O)NCC(C)Cc1cccs1. The van der Waals surface area contributed by atoms with Crippen LogP contribution in [0.5, 0.6) is 0 Å². The number of carbonyl (C=O) groups excluding carboxylic acids is 1. The highest BCUT2D eigenvalue weighted by Gasteiger charge is 2.15. The molecule has 4 heteroatoms. The first-order valence-electron chi connectivity index (χ1n) is 6.54. The summed E-state index contributed by atoms with van der Waals surface area (Å²) < 4.78 is 0. The molecule has 0 aliphatic rings. The zero-order valence-electron chi connectivity index (χ0n) is 11.5. The molecule has 1 aromatic rings. The van der Waals surface area contributed by atoms with E-state index < -0.39 is 0 Å². The molecule has 102 valence electrons. The van der Waals surface area contributed by atoms with Crippen LogP contribution < -0.4 is 11.1 Å². The Morgan fingerprint density at radius 1 is 1.44 bits per heavy atom. The number of nitrogens with one attached hydrogen (secondary N) is 1. The number of thiophene rings is 1. The van der Waals surface area contributed by atoms with Gasteiger partial charge in [0.25, 0.3) is 0 Å². The lowest BCUT2D eigenvalue weighted by atomic mass is 10.0. The Labute approximate surface area is 114 Å². The average Bonchev–Trinajstić information content (AvgIpc) is 2.77. The van der Waals surface area contributed by atoms with Crippen molar-refractivity contribution in [2.75, 3.05) is 6.54 Å². The topological polar surface area (TPSA) is 55.1 Å². The van der Waals surface area contributed by atoms with Crippen LogP contribution in [-0.4, -0.2) is 18.5 Å². The third kappa shape index (κ3) is 5.65. The van der Waals surface area contributed by atoms with E-state index in [-0.39, 0.29) is 11.9 Å². The van der Waals surface area contributed by atoms with Gasteiger partial charge in [0.15, 0.2) is 0 Å². The molecule has 0 aliphatic carbocycles. The molecule has 0 aliphatic heterocycles. The van der Waals surface area contributed by atoms with Gasteiger partial charge in [-0.05, 0) is 36.1 Å². The molecular weight excluding hydrogens is 244 g/mol. The Morgan fingerprint density at radius 2 is 2.17 bits per heavy atom. The summed E-state index contributed by atoms with van der Waals surface area (Å²) in [6.07, 6.45) is 1.75. The van der Waals surface area contributed by atoms with Crippen molar-refractivity contribution in [2.45, 2.75) is 39.7 Å². The summed E-state index contributed by atoms with van der Waals surface area (Å²) in [5, 5.41) is 5.02. The predicted molar refractivity (Wildman–Crippen MR) is 77.6 cm³/mol. The van der Waals surface area contributed by atoms with Crippen LogP contribution in [0, 0.1) is 11.8 Å². The molecule has 0 aromatic carbocycles. The fraction of sp³-hybridized carbons (Fsp3) is 0.643. The predicted octanol–water partition coefficient (Wildman–Crippen LogP) is 2.42. The first-order chi connectivity index (χ1) is 8.49. The molecule has 1 amide bonds. The molecule has 0 bridgehead atoms. The molecule has 3 nitrogen and oxygen atoms in total. The zero-order chi connectivity index (χ0) is 13.5. The van der Waals surface area contributed by atoms with Crippen molar-refractivity contribution in [3.8, 4) is 0 Å². The molecule has 1 unspecified atom stereocenters. The standard InChI is InChI=1S/C14H24N2OS/c1-10(2)7-13(15)14(17)16-9-11(3)8-12-5-4-6-18-12/h4-6,10-11,13H,7-9,15H2,1-3H3,(H,16,17)/t11?,13-/m0/s1. The van der Waals surface area contributed by atoms with Gasteiger partial charge in [0.05, 0.1) is 6.04 Å². The summed E-state index contributed by atoms with van der Waals surface area (Å²) in [5.41, 5.74) is 5.83. The van der Waals surface area contributed by atoms with E-state index in [1.807, 2.05) is 0 Å². The smallest absolute Gasteiger partial charge is 0.236 e. The van der Waals surface area contributed by atoms with Crippen molar-refractivity contribution >= 4 is 17.2 Å². The summed E-state index contributed by atoms with van der Waals surface area (Å²) >= 11 is 1.76. The van der Waals surface area contributed by atoms with Gasteiger partial charge in [0.2, 0.25) is 5.91 Å². The molecule has 0 spiro atoms. The minimum absolute atomic E-state index is 0.0262. The van der Waals surface area contributed by atoms with Crippen molar-refractivity contribution in [3.05, 3.63) is 22.4 Å². The maximum absolute atomic E-state index is 11.8. The Bertz CT molecular complexity index is 349. The van der Waals surface area contributed by atoms with Crippen molar-refractivity contribution < 1.29 is 4.79 Å². The molecule has 18 heavy (non-hydrogen) atoms. The van der Waals surface area contributed by atoms with Crippen LogP contribution in [-0.2, 0) is 11.2 Å². The molecule has 3 N–H and O–H groups in total. The van der Waals surface area contributed by atoms with Gasteiger partial charge < -0.3 is 11.1 Å². The third-order valence-corrected chi connectivity index (χ3v) is 3.72. The summed E-state index contributed by atoms with van der Waals surface area (Å²) in [6, 6.07) is 3.82. The van der Waals surface area contributed by atoms with Crippen LogP contribution in [0.3, 0.4) is 0 Å². The summed E-state index contributed by atoms with van der Waals surface area (Å²) in [4.78, 5) is 13.1. The van der Waals surface area contributed by atoms with Crippen LogP contribution in [0.15, 0.2) is 17.5 Å². The molecule has 1 rings (SSSR count). The van der Waals surface area contributed by atoms with Crippen LogP contribution in [0.2, 0.25) is 0 Å². The number of amides is 1. The van der Waals surface area contributed by atoms with E-state index >= 15 is 0 Å². The molecule has 1 heterocycles. The fourth-order valence-electron chi connectivity index (χ4n) is 1.87. The van der Waals surface area contributed by atoms with Crippen molar-refractivity contribution in [2.24, 2.45) is 17.6 Å². The maximum Gasteiger partial charge on any atom is 0.236 e. The van der Waals surface area contributed by atoms with Crippen LogP contribution in [0.1, 0.15) is 32.1 Å². The minimum atomic E-state index is -0.376. The zero-order valence-corrected chi connectivity index (χ0v) is 12.3. The second kappa shape index (κ2) is 7.54. The Kier molecular flexibility index (Phi) is 6.36. The van der Waals surface area contributed by atoms with Crippen molar-refractivity contribution in [3.63, 3.8) is 0 Å². The summed E-state index contributed by atoms with van der Waals surface area (Å²) in [6.45, 7) is 7.00. The van der Waals surface area contributed by atoms with E-state index in [2.05, 4.69) is 43.6 Å². The Morgan fingerprint density at radius 3 is 2.72 bits per heavy atom. The van der Waals surface area contributed by atoms with Crippen LogP contribution in [0.25, 0.3) is 0 Å². The van der Waals surface area contributed by atoms with Crippen molar-refractivity contribution in [1.82, 2.24) is 5.32 Å². The molecule has 2 atom stereocenters. The second-order valence-electron chi connectivity index (χ2n) is 5.37. The van der Waals surface area contributed by atoms with Gasteiger partial charge in [-0.15, -0.1) is 11.3 Å². The van der Waals surface area contributed by atoms with Gasteiger partial charge in [-0.3, -0.25) is 4.79 Å². The lowest BCUT2D eigenvalue weighted by Crippen LogP contribution is -2.43. The number of hydrogen-bond donors (Lipinski definition) is 2. The molecule has 0 saturated carbocycles. The lowest BCUT2D eigenvalue weighted by Gasteiger charge is -2.16. The van der Waals surface area contributed by atoms with E-state index in [1.165, 1.54) is 4.88 Å². The second-order valence-corrected chi connectivity index (χ2v) is 6.40. The largest absolute Gasteiger partial charge is 0.354 e. The average molecular weight is 268 g/mol. The highest BCUT2D eigenvalue weighted by molar-refractivity contribution is 7.09. The molecule has 0 saturated heterocycles. The molecule has 0 radical (unpaired) electrons.